The molecule has 0 saturated carbocycles. The van der Waals surface area contributed by atoms with Crippen LogP contribution in [0.4, 0.5) is 5.82 Å². The van der Waals surface area contributed by atoms with Crippen LogP contribution in [0.5, 0.6) is 5.75 Å². The number of halogens is 1. The van der Waals surface area contributed by atoms with Gasteiger partial charge >= 0.3 is 11.9 Å². The zero-order chi connectivity index (χ0) is 45.2. The Morgan fingerprint density at radius 3 is 2.27 bits per heavy atom. The van der Waals surface area contributed by atoms with Crippen molar-refractivity contribution in [2.75, 3.05) is 18.9 Å². The van der Waals surface area contributed by atoms with E-state index in [4.69, 9.17) is 47.4 Å². The van der Waals surface area contributed by atoms with Gasteiger partial charge in [-0.15, -0.1) is 0 Å². The van der Waals surface area contributed by atoms with E-state index in [0.717, 1.165) is 5.56 Å². The van der Waals surface area contributed by atoms with Crippen molar-refractivity contribution in [2.24, 2.45) is 29.2 Å². The predicted octanol–water partition coefficient (Wildman–Crippen LogP) is 4.48. The highest BCUT2D eigenvalue weighted by molar-refractivity contribution is 7.98. The molecule has 1 aliphatic heterocycles. The van der Waals surface area contributed by atoms with E-state index in [1.165, 1.54) is 24.9 Å². The number of aromatic nitrogens is 2. The van der Waals surface area contributed by atoms with E-state index in [0.29, 0.717) is 28.6 Å². The summed E-state index contributed by atoms with van der Waals surface area (Å²) in [5.41, 5.74) is 20.5. The summed E-state index contributed by atoms with van der Waals surface area (Å²) < 4.78 is 22.9. The molecule has 8 N–H and O–H groups in total. The summed E-state index contributed by atoms with van der Waals surface area (Å²) in [5.74, 6) is -2.31. The molecule has 326 valence electrons. The number of hydrogen-bond acceptors (Lipinski definition) is 16. The Labute approximate surface area is 368 Å². The summed E-state index contributed by atoms with van der Waals surface area (Å²) in [6.45, 7) is 8.15. The van der Waals surface area contributed by atoms with Gasteiger partial charge in [0.05, 0.1) is 23.3 Å². The molecular weight excluding hydrogens is 838 g/mol. The number of benzene rings is 2. The van der Waals surface area contributed by atoms with Gasteiger partial charge in [-0.2, -0.15) is 10.5 Å². The number of oxazole rings is 1. The van der Waals surface area contributed by atoms with Gasteiger partial charge < -0.3 is 46.5 Å². The van der Waals surface area contributed by atoms with E-state index in [-0.39, 0.29) is 57.5 Å². The van der Waals surface area contributed by atoms with Crippen molar-refractivity contribution in [3.8, 4) is 40.5 Å². The van der Waals surface area contributed by atoms with Crippen molar-refractivity contribution in [2.45, 2.75) is 82.1 Å². The van der Waals surface area contributed by atoms with Crippen molar-refractivity contribution in [1.29, 1.82) is 10.5 Å². The molecule has 4 aromatic rings. The predicted molar refractivity (Wildman–Crippen MR) is 230 cm³/mol. The van der Waals surface area contributed by atoms with Crippen molar-refractivity contribution >= 4 is 52.9 Å². The van der Waals surface area contributed by atoms with Gasteiger partial charge in [0.2, 0.25) is 17.7 Å². The number of nitriles is 2. The molecular formula is C43H48ClN9O8S. The Morgan fingerprint density at radius 2 is 1.65 bits per heavy atom. The lowest BCUT2D eigenvalue weighted by Gasteiger charge is -2.26. The highest BCUT2D eigenvalue weighted by atomic mass is 35.5. The van der Waals surface area contributed by atoms with Crippen LogP contribution in [0.1, 0.15) is 57.9 Å². The summed E-state index contributed by atoms with van der Waals surface area (Å²) in [7, 11) is 0. The molecule has 62 heavy (non-hydrogen) atoms. The highest BCUT2D eigenvalue weighted by Crippen LogP contribution is 2.37. The molecule has 2 amide bonds. The minimum absolute atomic E-state index is 0.00516. The first kappa shape index (κ1) is 46.9. The van der Waals surface area contributed by atoms with E-state index in [9.17, 15) is 29.7 Å². The van der Waals surface area contributed by atoms with Crippen LogP contribution in [0.25, 0.3) is 22.6 Å². The third kappa shape index (κ3) is 11.6. The number of nitrogen functional groups attached to an aromatic ring is 1. The fraction of sp³-hybridized carbons (Fsp3) is 0.395. The van der Waals surface area contributed by atoms with Gasteiger partial charge in [-0.05, 0) is 67.1 Å². The Morgan fingerprint density at radius 1 is 0.984 bits per heavy atom. The normalized spacial score (nSPS) is 17.4. The second-order valence-corrected chi connectivity index (χ2v) is 16.8. The maximum absolute atomic E-state index is 13.5. The summed E-state index contributed by atoms with van der Waals surface area (Å²) >= 11 is 7.20. The molecule has 0 bridgehead atoms. The number of esters is 2. The number of thioether (sulfide) groups is 1. The molecule has 0 spiro atoms. The number of carbonyl (C=O) groups is 4. The molecule has 1 saturated heterocycles. The standard InChI is InChI=1S/C43H48ClN9O8S/c1-21(2)14-32(47)38(54)50-23(5)42(56)60-19-29(61-43(57)36-33(22(3)4)35(48)39(55)52-36)18-58-28-12-8-24(9-13-28)34-30(15-45)37(49)53-41(31(34)16-46)62-20-27-17-59-40(51-27)25-6-10-26(44)11-7-25/h6-13,17,21-23,29,32-33,35-36H,14,18-20,47-48H2,1-5H3,(H2,49,53)(H,50,54)(H,52,55)/t23-,29-,32-,33?,35-,36-/m0/s1. The Balaban J connectivity index is 1.31. The quantitative estimate of drug-likeness (QED) is 0.0680. The molecule has 2 aromatic heterocycles. The van der Waals surface area contributed by atoms with E-state index in [1.54, 1.807) is 48.5 Å². The van der Waals surface area contributed by atoms with Crippen LogP contribution in [0.15, 0.2) is 64.2 Å². The fourth-order valence-corrected chi connectivity index (χ4v) is 7.73. The van der Waals surface area contributed by atoms with Crippen LogP contribution < -0.4 is 32.6 Å². The lowest BCUT2D eigenvalue weighted by atomic mass is 9.86. The summed E-state index contributed by atoms with van der Waals surface area (Å²) in [5, 5.41) is 26.4. The molecule has 1 fully saturated rings. The Hall–Kier alpha value is -6.18. The smallest absolute Gasteiger partial charge is 0.329 e. The third-order valence-corrected chi connectivity index (χ3v) is 11.1. The maximum Gasteiger partial charge on any atom is 0.329 e. The molecule has 3 heterocycles. The second kappa shape index (κ2) is 21.1. The van der Waals surface area contributed by atoms with Crippen molar-refractivity contribution in [3.63, 3.8) is 0 Å². The van der Waals surface area contributed by atoms with Gasteiger partial charge in [-0.25, -0.2) is 19.6 Å². The molecule has 5 rings (SSSR count). The zero-order valence-electron chi connectivity index (χ0n) is 34.7. The monoisotopic (exact) mass is 885 g/mol. The number of rotatable bonds is 18. The van der Waals surface area contributed by atoms with Gasteiger partial charge in [0.1, 0.15) is 65.9 Å². The van der Waals surface area contributed by atoms with Crippen molar-refractivity contribution in [1.82, 2.24) is 20.6 Å². The number of amides is 2. The van der Waals surface area contributed by atoms with Gasteiger partial charge in [0, 0.05) is 27.8 Å². The van der Waals surface area contributed by atoms with Crippen molar-refractivity contribution < 1.29 is 37.8 Å². The topological polar surface area (TPSA) is 285 Å². The molecule has 2 aromatic carbocycles. The Kier molecular flexibility index (Phi) is 15.9. The lowest BCUT2D eigenvalue weighted by Crippen LogP contribution is -2.48. The number of nitrogens with two attached hydrogens (primary N) is 3. The van der Waals surface area contributed by atoms with Gasteiger partial charge in [-0.3, -0.25) is 9.59 Å². The average molecular weight is 886 g/mol. The molecule has 6 atom stereocenters. The number of carbonyl (C=O) groups excluding carboxylic acids is 4. The first-order chi connectivity index (χ1) is 29.5. The van der Waals surface area contributed by atoms with Crippen LogP contribution in [0.3, 0.4) is 0 Å². The first-order valence-electron chi connectivity index (χ1n) is 19.7. The van der Waals surface area contributed by atoms with E-state index >= 15 is 0 Å². The first-order valence-corrected chi connectivity index (χ1v) is 21.1. The van der Waals surface area contributed by atoms with Gasteiger partial charge in [0.15, 0.2) is 6.10 Å². The molecule has 17 nitrogen and oxygen atoms in total. The maximum atomic E-state index is 13.5. The van der Waals surface area contributed by atoms with Crippen LogP contribution in [-0.2, 0) is 34.4 Å². The van der Waals surface area contributed by atoms with Gasteiger partial charge in [-0.1, -0.05) is 63.2 Å². The lowest BCUT2D eigenvalue weighted by molar-refractivity contribution is -0.164. The summed E-state index contributed by atoms with van der Waals surface area (Å²) in [6.07, 6.45) is 0.735. The second-order valence-electron chi connectivity index (χ2n) is 15.4. The SMILES string of the molecule is CC(C)C[C@H](N)C(=O)N[C@@H](C)C(=O)OC[C@H](COc1ccc(-c2c(C#N)c(N)nc(SCc3coc(-c4ccc(Cl)cc4)n3)c2C#N)cc1)OC(=O)[C@H]1NC(=O)[C@@H](N)C1C(C)C. The number of hydrogen-bond donors (Lipinski definition) is 5. The minimum Gasteiger partial charge on any atom is -0.490 e. The van der Waals surface area contributed by atoms with Crippen molar-refractivity contribution in [3.05, 3.63) is 76.6 Å². The van der Waals surface area contributed by atoms with E-state index < -0.39 is 66.5 Å². The Bertz CT molecular complexity index is 2340. The number of anilines is 1. The van der Waals surface area contributed by atoms with Crippen LogP contribution in [-0.4, -0.2) is 77.2 Å². The third-order valence-electron chi connectivity index (χ3n) is 9.89. The average Bonchev–Trinajstić information content (AvgIpc) is 3.84. The number of nitrogens with one attached hydrogen (secondary N) is 2. The zero-order valence-corrected chi connectivity index (χ0v) is 36.3. The van der Waals surface area contributed by atoms with Gasteiger partial charge in [0.25, 0.3) is 0 Å². The summed E-state index contributed by atoms with van der Waals surface area (Å²) in [6, 6.07) is 13.7. The molecule has 19 heteroatoms. The van der Waals surface area contributed by atoms with E-state index in [1.807, 2.05) is 27.7 Å². The fourth-order valence-electron chi connectivity index (χ4n) is 6.73. The number of nitrogens with zero attached hydrogens (tertiary/aromatic N) is 4. The molecule has 0 aliphatic carbocycles. The van der Waals surface area contributed by atoms with Crippen LogP contribution in [0.2, 0.25) is 5.02 Å². The molecule has 1 unspecified atom stereocenters. The minimum atomic E-state index is -1.18. The molecule has 0 radical (unpaired) electrons. The summed E-state index contributed by atoms with van der Waals surface area (Å²) in [4.78, 5) is 60.3. The highest BCUT2D eigenvalue weighted by Gasteiger charge is 2.46. The van der Waals surface area contributed by atoms with Crippen LogP contribution >= 0.6 is 23.4 Å². The molecule has 1 aliphatic rings. The number of ether oxygens (including phenoxy) is 3. The van der Waals surface area contributed by atoms with Crippen LogP contribution in [0, 0.1) is 40.4 Å². The number of pyridine rings is 1. The van der Waals surface area contributed by atoms with E-state index in [2.05, 4.69) is 32.7 Å². The largest absolute Gasteiger partial charge is 0.490 e.